The highest BCUT2D eigenvalue weighted by atomic mass is 19.1. The Kier molecular flexibility index (Phi) is 4.13. The van der Waals surface area contributed by atoms with Gasteiger partial charge in [-0.25, -0.2) is 4.39 Å². The van der Waals surface area contributed by atoms with E-state index in [0.29, 0.717) is 12.1 Å². The van der Waals surface area contributed by atoms with Crippen molar-refractivity contribution in [1.82, 2.24) is 0 Å². The minimum atomic E-state index is -1.64. The molecule has 0 saturated carbocycles. The summed E-state index contributed by atoms with van der Waals surface area (Å²) in [5.74, 6) is -0.863. The molecule has 0 aliphatic heterocycles. The van der Waals surface area contributed by atoms with E-state index in [2.05, 4.69) is 4.99 Å². The predicted octanol–water partition coefficient (Wildman–Crippen LogP) is 0.735. The van der Waals surface area contributed by atoms with Crippen LogP contribution in [0.15, 0.2) is 29.3 Å². The summed E-state index contributed by atoms with van der Waals surface area (Å²) in [6.07, 6.45) is -1.64. The van der Waals surface area contributed by atoms with Gasteiger partial charge in [0.25, 0.3) is 5.91 Å². The van der Waals surface area contributed by atoms with Crippen LogP contribution in [0.2, 0.25) is 0 Å². The maximum absolute atomic E-state index is 12.6. The lowest BCUT2D eigenvalue weighted by atomic mass is 10.1. The van der Waals surface area contributed by atoms with E-state index in [0.717, 1.165) is 12.5 Å². The normalized spacial score (nSPS) is 13.6. The van der Waals surface area contributed by atoms with Crippen LogP contribution >= 0.6 is 0 Å². The summed E-state index contributed by atoms with van der Waals surface area (Å²) in [4.78, 5) is 14.4. The summed E-state index contributed by atoms with van der Waals surface area (Å²) >= 11 is 0. The summed E-state index contributed by atoms with van der Waals surface area (Å²) < 4.78 is 12.6. The minimum absolute atomic E-state index is 0.0121. The molecule has 1 aromatic carbocycles. The number of aliphatic imine (C=N–C) groups is 1. The Bertz CT molecular complexity index is 398. The lowest BCUT2D eigenvalue weighted by Crippen LogP contribution is -2.19. The number of amides is 1. The molecule has 0 fully saturated rings. The summed E-state index contributed by atoms with van der Waals surface area (Å²) in [6.45, 7) is 1.55. The fraction of sp³-hybridized carbons (Fsp3) is 0.273. The summed E-state index contributed by atoms with van der Waals surface area (Å²) in [5.41, 5.74) is 12.5. The van der Waals surface area contributed by atoms with Gasteiger partial charge in [-0.2, -0.15) is 4.99 Å². The van der Waals surface area contributed by atoms with Crippen molar-refractivity contribution in [3.8, 4) is 0 Å². The maximum Gasteiger partial charge on any atom is 0.281 e. The van der Waals surface area contributed by atoms with E-state index in [9.17, 15) is 9.18 Å². The third-order valence-electron chi connectivity index (χ3n) is 2.06. The summed E-state index contributed by atoms with van der Waals surface area (Å²) in [6, 6.07) is 6.94. The van der Waals surface area contributed by atoms with E-state index >= 15 is 0 Å². The van der Waals surface area contributed by atoms with Crippen molar-refractivity contribution >= 4 is 11.7 Å². The van der Waals surface area contributed by atoms with Crippen molar-refractivity contribution in [2.75, 3.05) is 0 Å². The second-order valence-electron chi connectivity index (χ2n) is 3.35. The van der Waals surface area contributed by atoms with Crippen molar-refractivity contribution in [2.24, 2.45) is 16.5 Å². The van der Waals surface area contributed by atoms with Crippen molar-refractivity contribution in [3.63, 3.8) is 0 Å². The first-order valence-corrected chi connectivity index (χ1v) is 4.86. The van der Waals surface area contributed by atoms with Gasteiger partial charge in [-0.3, -0.25) is 4.79 Å². The number of amidine groups is 1. The number of carbonyl (C=O) groups is 1. The number of halogens is 1. The molecular formula is C11H14FN3O. The molecule has 0 bridgehead atoms. The molecule has 1 aromatic rings. The first-order chi connectivity index (χ1) is 7.54. The third kappa shape index (κ3) is 3.13. The van der Waals surface area contributed by atoms with Crippen LogP contribution in [0.3, 0.4) is 0 Å². The van der Waals surface area contributed by atoms with Gasteiger partial charge < -0.3 is 11.5 Å². The van der Waals surface area contributed by atoms with Gasteiger partial charge in [-0.1, -0.05) is 24.3 Å². The van der Waals surface area contributed by atoms with Gasteiger partial charge in [0.15, 0.2) is 6.17 Å². The molecule has 1 rings (SSSR count). The molecule has 1 amide bonds. The van der Waals surface area contributed by atoms with Gasteiger partial charge in [-0.15, -0.1) is 0 Å². The topological polar surface area (TPSA) is 81.5 Å². The highest BCUT2D eigenvalue weighted by molar-refractivity contribution is 6.04. The van der Waals surface area contributed by atoms with Crippen molar-refractivity contribution < 1.29 is 9.18 Å². The third-order valence-corrected chi connectivity index (χ3v) is 2.06. The molecule has 0 heterocycles. The van der Waals surface area contributed by atoms with E-state index in [1.165, 1.54) is 0 Å². The van der Waals surface area contributed by atoms with E-state index in [1.807, 2.05) is 0 Å². The average molecular weight is 223 g/mol. The van der Waals surface area contributed by atoms with Gasteiger partial charge in [0.2, 0.25) is 0 Å². The Morgan fingerprint density at radius 1 is 1.44 bits per heavy atom. The SMILES string of the molecule is C[C@@H](F)C(=O)N=C(N)c1ccc(CN)cc1. The lowest BCUT2D eigenvalue weighted by Gasteiger charge is -2.02. The first kappa shape index (κ1) is 12.3. The smallest absolute Gasteiger partial charge is 0.281 e. The van der Waals surface area contributed by atoms with Gasteiger partial charge in [0.1, 0.15) is 5.84 Å². The van der Waals surface area contributed by atoms with Gasteiger partial charge in [0.05, 0.1) is 0 Å². The zero-order valence-corrected chi connectivity index (χ0v) is 8.98. The van der Waals surface area contributed by atoms with Gasteiger partial charge in [0, 0.05) is 12.1 Å². The molecule has 1 atom stereocenters. The van der Waals surface area contributed by atoms with Crippen LogP contribution in [0.5, 0.6) is 0 Å². The molecule has 4 nitrogen and oxygen atoms in total. The quantitative estimate of drug-likeness (QED) is 0.585. The predicted molar refractivity (Wildman–Crippen MR) is 60.6 cm³/mol. The van der Waals surface area contributed by atoms with E-state index in [4.69, 9.17) is 11.5 Å². The second-order valence-corrected chi connectivity index (χ2v) is 3.35. The largest absolute Gasteiger partial charge is 0.383 e. The Balaban J connectivity index is 2.87. The maximum atomic E-state index is 12.6. The fourth-order valence-corrected chi connectivity index (χ4v) is 1.08. The molecule has 86 valence electrons. The zero-order valence-electron chi connectivity index (χ0n) is 8.98. The van der Waals surface area contributed by atoms with Crippen LogP contribution in [0.1, 0.15) is 18.1 Å². The summed E-state index contributed by atoms with van der Waals surface area (Å²) in [7, 11) is 0. The Hall–Kier alpha value is -1.75. The molecule has 0 aromatic heterocycles. The van der Waals surface area contributed by atoms with E-state index in [1.54, 1.807) is 24.3 Å². The highest BCUT2D eigenvalue weighted by Gasteiger charge is 2.10. The number of hydrogen-bond donors (Lipinski definition) is 2. The molecule has 0 aliphatic rings. The average Bonchev–Trinajstić information content (AvgIpc) is 2.28. The molecule has 5 heteroatoms. The van der Waals surface area contributed by atoms with Crippen LogP contribution in [-0.2, 0) is 11.3 Å². The lowest BCUT2D eigenvalue weighted by molar-refractivity contribution is -0.121. The molecule has 0 saturated heterocycles. The molecule has 0 spiro atoms. The molecule has 0 radical (unpaired) electrons. The van der Waals surface area contributed by atoms with Crippen LogP contribution in [0, 0.1) is 0 Å². The number of rotatable bonds is 3. The van der Waals surface area contributed by atoms with Crippen LogP contribution < -0.4 is 11.5 Å². The number of alkyl halides is 1. The van der Waals surface area contributed by atoms with E-state index < -0.39 is 12.1 Å². The van der Waals surface area contributed by atoms with Gasteiger partial charge in [-0.05, 0) is 12.5 Å². The molecule has 0 unspecified atom stereocenters. The standard InChI is InChI=1S/C11H14FN3O/c1-7(12)11(16)15-10(14)9-4-2-8(6-13)3-5-9/h2-5,7H,6,13H2,1H3,(H2,14,15,16)/t7-/m1/s1. The van der Waals surface area contributed by atoms with Crippen molar-refractivity contribution in [3.05, 3.63) is 35.4 Å². The van der Waals surface area contributed by atoms with Crippen LogP contribution in [-0.4, -0.2) is 17.9 Å². The monoisotopic (exact) mass is 223 g/mol. The van der Waals surface area contributed by atoms with Crippen LogP contribution in [0.25, 0.3) is 0 Å². The summed E-state index contributed by atoms with van der Waals surface area (Å²) in [5, 5.41) is 0. The molecule has 4 N–H and O–H groups in total. The fourth-order valence-electron chi connectivity index (χ4n) is 1.08. The van der Waals surface area contributed by atoms with Crippen molar-refractivity contribution in [2.45, 2.75) is 19.6 Å². The highest BCUT2D eigenvalue weighted by Crippen LogP contribution is 2.04. The van der Waals surface area contributed by atoms with Crippen LogP contribution in [0.4, 0.5) is 4.39 Å². The Morgan fingerprint density at radius 2 is 2.00 bits per heavy atom. The number of benzene rings is 1. The molecule has 16 heavy (non-hydrogen) atoms. The Labute approximate surface area is 93.2 Å². The molecule has 0 aliphatic carbocycles. The van der Waals surface area contributed by atoms with Crippen molar-refractivity contribution in [1.29, 1.82) is 0 Å². The number of nitrogens with two attached hydrogens (primary N) is 2. The number of nitrogens with zero attached hydrogens (tertiary/aromatic N) is 1. The second kappa shape index (κ2) is 5.37. The van der Waals surface area contributed by atoms with Gasteiger partial charge >= 0.3 is 0 Å². The van der Waals surface area contributed by atoms with E-state index in [-0.39, 0.29) is 5.84 Å². The minimum Gasteiger partial charge on any atom is -0.383 e. The first-order valence-electron chi connectivity index (χ1n) is 4.86. The number of hydrogen-bond acceptors (Lipinski definition) is 2. The number of carbonyl (C=O) groups excluding carboxylic acids is 1. The Morgan fingerprint density at radius 3 is 2.44 bits per heavy atom. The molecular weight excluding hydrogens is 209 g/mol. The zero-order chi connectivity index (χ0) is 12.1.